The number of hydrogen-bond acceptors (Lipinski definition) is 3. The minimum atomic E-state index is -0.0887. The maximum Gasteiger partial charge on any atom is 0.305 e. The van der Waals surface area contributed by atoms with Gasteiger partial charge in [0, 0.05) is 30.6 Å². The summed E-state index contributed by atoms with van der Waals surface area (Å²) in [7, 11) is 0. The van der Waals surface area contributed by atoms with Gasteiger partial charge in [-0.05, 0) is 25.0 Å². The second-order valence-corrected chi connectivity index (χ2v) is 5.73. The fourth-order valence-electron chi connectivity index (χ4n) is 2.82. The number of hydrogen-bond donors (Lipinski definition) is 0. The zero-order chi connectivity index (χ0) is 13.9. The molecule has 0 saturated carbocycles. The highest BCUT2D eigenvalue weighted by atomic mass is 16.5. The molecule has 19 heavy (non-hydrogen) atoms. The predicted molar refractivity (Wildman–Crippen MR) is 77.5 cm³/mol. The van der Waals surface area contributed by atoms with Gasteiger partial charge in [0.15, 0.2) is 0 Å². The molecular weight excluding hydrogens is 238 g/mol. The first kappa shape index (κ1) is 13.9. The summed E-state index contributed by atoms with van der Waals surface area (Å²) >= 11 is 0. The fraction of sp³-hybridized carbons (Fsp3) is 0.562. The number of carbonyl (C=O) groups is 1. The van der Waals surface area contributed by atoms with Crippen molar-refractivity contribution in [3.05, 3.63) is 29.8 Å². The Balaban J connectivity index is 1.95. The predicted octanol–water partition coefficient (Wildman–Crippen LogP) is 3.13. The summed E-state index contributed by atoms with van der Waals surface area (Å²) < 4.78 is 4.96. The van der Waals surface area contributed by atoms with Crippen molar-refractivity contribution in [3.63, 3.8) is 0 Å². The average Bonchev–Trinajstić information content (AvgIpc) is 2.62. The molecule has 0 saturated heterocycles. The molecule has 1 aromatic rings. The number of ether oxygens (including phenoxy) is 1. The van der Waals surface area contributed by atoms with Gasteiger partial charge in [-0.15, -0.1) is 0 Å². The molecule has 0 aliphatic carbocycles. The number of nitrogens with zero attached hydrogens (tertiary/aromatic N) is 1. The molecule has 3 heteroatoms. The minimum absolute atomic E-state index is 0.0887. The molecule has 3 nitrogen and oxygen atoms in total. The molecule has 0 fully saturated rings. The van der Waals surface area contributed by atoms with Crippen LogP contribution in [0.4, 0.5) is 5.69 Å². The van der Waals surface area contributed by atoms with Crippen molar-refractivity contribution in [2.75, 3.05) is 24.6 Å². The molecule has 0 atom stereocenters. The summed E-state index contributed by atoms with van der Waals surface area (Å²) in [6, 6.07) is 8.57. The van der Waals surface area contributed by atoms with E-state index in [4.69, 9.17) is 4.74 Å². The van der Waals surface area contributed by atoms with Gasteiger partial charge in [0.05, 0.1) is 6.61 Å². The van der Waals surface area contributed by atoms with Crippen molar-refractivity contribution in [2.24, 2.45) is 0 Å². The number of rotatable bonds is 5. The van der Waals surface area contributed by atoms with Crippen LogP contribution in [0.2, 0.25) is 0 Å². The standard InChI is InChI=1S/C16H23NO2/c1-4-19-15(18)10-7-11-17-12-16(2,3)13-8-5-6-9-14(13)17/h5-6,8-9H,4,7,10-12H2,1-3H3. The van der Waals surface area contributed by atoms with E-state index in [1.807, 2.05) is 6.92 Å². The Labute approximate surface area is 115 Å². The molecule has 0 bridgehead atoms. The molecule has 0 amide bonds. The summed E-state index contributed by atoms with van der Waals surface area (Å²) in [6.07, 6.45) is 1.36. The highest BCUT2D eigenvalue weighted by Crippen LogP contribution is 2.40. The maximum absolute atomic E-state index is 11.3. The van der Waals surface area contributed by atoms with Crippen molar-refractivity contribution in [1.29, 1.82) is 0 Å². The van der Waals surface area contributed by atoms with Gasteiger partial charge < -0.3 is 9.64 Å². The Morgan fingerprint density at radius 1 is 1.37 bits per heavy atom. The van der Waals surface area contributed by atoms with Crippen molar-refractivity contribution >= 4 is 11.7 Å². The molecule has 1 heterocycles. The van der Waals surface area contributed by atoms with Gasteiger partial charge in [-0.1, -0.05) is 32.0 Å². The molecule has 0 unspecified atom stereocenters. The van der Waals surface area contributed by atoms with E-state index in [0.29, 0.717) is 13.0 Å². The monoisotopic (exact) mass is 261 g/mol. The number of esters is 1. The summed E-state index contributed by atoms with van der Waals surface area (Å²) in [5.41, 5.74) is 2.92. The lowest BCUT2D eigenvalue weighted by Crippen LogP contribution is -2.29. The SMILES string of the molecule is CCOC(=O)CCCN1CC(C)(C)c2ccccc21. The normalized spacial score (nSPS) is 16.3. The third kappa shape index (κ3) is 3.09. The van der Waals surface area contributed by atoms with Crippen LogP contribution in [0.15, 0.2) is 24.3 Å². The Morgan fingerprint density at radius 3 is 2.84 bits per heavy atom. The van der Waals surface area contributed by atoms with Crippen LogP contribution in [-0.4, -0.2) is 25.7 Å². The summed E-state index contributed by atoms with van der Waals surface area (Å²) in [5.74, 6) is -0.0887. The van der Waals surface area contributed by atoms with Gasteiger partial charge in [0.1, 0.15) is 0 Å². The van der Waals surface area contributed by atoms with Crippen molar-refractivity contribution < 1.29 is 9.53 Å². The summed E-state index contributed by atoms with van der Waals surface area (Å²) in [4.78, 5) is 13.7. The lowest BCUT2D eigenvalue weighted by molar-refractivity contribution is -0.143. The largest absolute Gasteiger partial charge is 0.466 e. The molecule has 1 aliphatic heterocycles. The van der Waals surface area contributed by atoms with Crippen LogP contribution in [0.3, 0.4) is 0 Å². The third-order valence-electron chi connectivity index (χ3n) is 3.67. The molecule has 0 radical (unpaired) electrons. The van der Waals surface area contributed by atoms with E-state index in [0.717, 1.165) is 19.5 Å². The lowest BCUT2D eigenvalue weighted by Gasteiger charge is -2.22. The molecule has 0 aromatic heterocycles. The van der Waals surface area contributed by atoms with Gasteiger partial charge in [-0.25, -0.2) is 0 Å². The lowest BCUT2D eigenvalue weighted by atomic mass is 9.87. The Kier molecular flexibility index (Phi) is 4.13. The zero-order valence-corrected chi connectivity index (χ0v) is 12.1. The van der Waals surface area contributed by atoms with Crippen molar-refractivity contribution in [1.82, 2.24) is 0 Å². The van der Waals surface area contributed by atoms with E-state index in [2.05, 4.69) is 43.0 Å². The van der Waals surface area contributed by atoms with Crippen LogP contribution < -0.4 is 4.90 Å². The smallest absolute Gasteiger partial charge is 0.305 e. The van der Waals surface area contributed by atoms with Crippen LogP contribution >= 0.6 is 0 Å². The number of anilines is 1. The maximum atomic E-state index is 11.3. The van der Waals surface area contributed by atoms with Gasteiger partial charge in [0.25, 0.3) is 0 Å². The first-order valence-corrected chi connectivity index (χ1v) is 7.04. The number of carbonyl (C=O) groups excluding carboxylic acids is 1. The van der Waals surface area contributed by atoms with E-state index >= 15 is 0 Å². The van der Waals surface area contributed by atoms with Crippen LogP contribution in [0.5, 0.6) is 0 Å². The van der Waals surface area contributed by atoms with Crippen molar-refractivity contribution in [2.45, 2.75) is 39.0 Å². The van der Waals surface area contributed by atoms with E-state index in [9.17, 15) is 4.79 Å². The molecule has 2 rings (SSSR count). The van der Waals surface area contributed by atoms with Gasteiger partial charge in [-0.3, -0.25) is 4.79 Å². The van der Waals surface area contributed by atoms with Crippen LogP contribution in [0, 0.1) is 0 Å². The zero-order valence-electron chi connectivity index (χ0n) is 12.1. The fourth-order valence-corrected chi connectivity index (χ4v) is 2.82. The second-order valence-electron chi connectivity index (χ2n) is 5.73. The highest BCUT2D eigenvalue weighted by Gasteiger charge is 2.34. The van der Waals surface area contributed by atoms with Crippen LogP contribution in [0.1, 0.15) is 39.2 Å². The van der Waals surface area contributed by atoms with E-state index in [1.165, 1.54) is 11.3 Å². The topological polar surface area (TPSA) is 29.5 Å². The Hall–Kier alpha value is -1.51. The van der Waals surface area contributed by atoms with E-state index in [1.54, 1.807) is 0 Å². The third-order valence-corrected chi connectivity index (χ3v) is 3.67. The molecule has 1 aromatic carbocycles. The van der Waals surface area contributed by atoms with Gasteiger partial charge >= 0.3 is 5.97 Å². The van der Waals surface area contributed by atoms with Gasteiger partial charge in [0.2, 0.25) is 0 Å². The van der Waals surface area contributed by atoms with Crippen LogP contribution in [-0.2, 0) is 14.9 Å². The average molecular weight is 261 g/mol. The van der Waals surface area contributed by atoms with Gasteiger partial charge in [-0.2, -0.15) is 0 Å². The molecule has 104 valence electrons. The Bertz CT molecular complexity index is 454. The van der Waals surface area contributed by atoms with Crippen LogP contribution in [0.25, 0.3) is 0 Å². The molecule has 0 N–H and O–H groups in total. The second kappa shape index (κ2) is 5.64. The van der Waals surface area contributed by atoms with E-state index in [-0.39, 0.29) is 11.4 Å². The molecular formula is C16H23NO2. The number of benzene rings is 1. The Morgan fingerprint density at radius 2 is 2.11 bits per heavy atom. The minimum Gasteiger partial charge on any atom is -0.466 e. The first-order chi connectivity index (χ1) is 9.04. The summed E-state index contributed by atoms with van der Waals surface area (Å²) in [6.45, 7) is 8.80. The highest BCUT2D eigenvalue weighted by molar-refractivity contribution is 5.69. The number of para-hydroxylation sites is 1. The van der Waals surface area contributed by atoms with Crippen molar-refractivity contribution in [3.8, 4) is 0 Å². The summed E-state index contributed by atoms with van der Waals surface area (Å²) in [5, 5.41) is 0. The molecule has 1 aliphatic rings. The molecule has 0 spiro atoms. The quantitative estimate of drug-likeness (QED) is 0.763. The number of fused-ring (bicyclic) bond motifs is 1. The first-order valence-electron chi connectivity index (χ1n) is 7.04. The van der Waals surface area contributed by atoms with E-state index < -0.39 is 0 Å².